The van der Waals surface area contributed by atoms with E-state index in [0.29, 0.717) is 26.3 Å². The van der Waals surface area contributed by atoms with Gasteiger partial charge >= 0.3 is 11.9 Å². The Kier molecular flexibility index (Phi) is 12.0. The highest BCUT2D eigenvalue weighted by Crippen LogP contribution is 2.02. The topological polar surface area (TPSA) is 106 Å². The van der Waals surface area contributed by atoms with Crippen LogP contribution in [-0.2, 0) is 30.4 Å². The van der Waals surface area contributed by atoms with Gasteiger partial charge in [0.15, 0.2) is 0 Å². The molecule has 0 aliphatic heterocycles. The predicted octanol–water partition coefficient (Wildman–Crippen LogP) is 1.49. The number of carboxylic acids is 2. The Bertz CT molecular complexity index is 538. The highest BCUT2D eigenvalue weighted by molar-refractivity contribution is 5.67. The van der Waals surface area contributed by atoms with Gasteiger partial charge in [-0.05, 0) is 12.6 Å². The van der Waals surface area contributed by atoms with Gasteiger partial charge in [0.1, 0.15) is 0 Å². The molecule has 1 atom stereocenters. The first kappa shape index (κ1) is 23.0. The maximum atomic E-state index is 10.6. The standard InChI is InChI=1S/C19H29NO7/c1-20(9-12-26-14-16-5-3-2-4-6-16)13-17(27-11-8-19(23)24)15-25-10-7-18(21)22/h2-6,17H,7-15H2,1H3,(H,21,22)(H,23,24). The molecule has 0 heterocycles. The van der Waals surface area contributed by atoms with Crippen molar-refractivity contribution in [3.8, 4) is 0 Å². The summed E-state index contributed by atoms with van der Waals surface area (Å²) in [6.45, 7) is 2.70. The first-order chi connectivity index (χ1) is 13.0. The summed E-state index contributed by atoms with van der Waals surface area (Å²) in [5.74, 6) is -1.85. The monoisotopic (exact) mass is 383 g/mol. The average molecular weight is 383 g/mol. The maximum Gasteiger partial charge on any atom is 0.305 e. The molecular formula is C19H29NO7. The van der Waals surface area contributed by atoms with Crippen LogP contribution in [0.2, 0.25) is 0 Å². The summed E-state index contributed by atoms with van der Waals surface area (Å²) >= 11 is 0. The molecule has 0 aliphatic rings. The number of aliphatic carboxylic acids is 2. The molecule has 1 aromatic rings. The Morgan fingerprint density at radius 3 is 2.33 bits per heavy atom. The van der Waals surface area contributed by atoms with Crippen LogP contribution in [0.25, 0.3) is 0 Å². The van der Waals surface area contributed by atoms with Gasteiger partial charge in [0, 0.05) is 13.1 Å². The van der Waals surface area contributed by atoms with Crippen LogP contribution in [-0.4, -0.2) is 79.7 Å². The van der Waals surface area contributed by atoms with Crippen molar-refractivity contribution in [3.63, 3.8) is 0 Å². The van der Waals surface area contributed by atoms with Crippen molar-refractivity contribution in [3.05, 3.63) is 35.9 Å². The van der Waals surface area contributed by atoms with Gasteiger partial charge in [-0.25, -0.2) is 0 Å². The summed E-state index contributed by atoms with van der Waals surface area (Å²) in [6, 6.07) is 9.90. The number of carbonyl (C=O) groups is 2. The number of nitrogens with zero attached hydrogens (tertiary/aromatic N) is 1. The predicted molar refractivity (Wildman–Crippen MR) is 98.7 cm³/mol. The molecule has 27 heavy (non-hydrogen) atoms. The van der Waals surface area contributed by atoms with Gasteiger partial charge in [0.05, 0.1) is 52.0 Å². The third kappa shape index (κ3) is 12.9. The minimum atomic E-state index is -0.928. The Morgan fingerprint density at radius 2 is 1.67 bits per heavy atom. The van der Waals surface area contributed by atoms with Crippen molar-refractivity contribution in [2.24, 2.45) is 0 Å². The lowest BCUT2D eigenvalue weighted by Crippen LogP contribution is -2.36. The van der Waals surface area contributed by atoms with E-state index < -0.39 is 11.9 Å². The van der Waals surface area contributed by atoms with Crippen molar-refractivity contribution in [1.82, 2.24) is 4.90 Å². The largest absolute Gasteiger partial charge is 0.481 e. The number of hydrogen-bond donors (Lipinski definition) is 2. The van der Waals surface area contributed by atoms with Crippen molar-refractivity contribution in [2.45, 2.75) is 25.6 Å². The van der Waals surface area contributed by atoms with Gasteiger partial charge in [-0.3, -0.25) is 9.59 Å². The molecule has 0 spiro atoms. The molecular weight excluding hydrogens is 354 g/mol. The van der Waals surface area contributed by atoms with Crippen molar-refractivity contribution in [1.29, 1.82) is 0 Å². The molecule has 0 bridgehead atoms. The summed E-state index contributed by atoms with van der Waals surface area (Å²) in [4.78, 5) is 23.2. The lowest BCUT2D eigenvalue weighted by atomic mass is 10.2. The second kappa shape index (κ2) is 14.1. The molecule has 1 aromatic carbocycles. The van der Waals surface area contributed by atoms with Gasteiger partial charge < -0.3 is 29.3 Å². The normalized spacial score (nSPS) is 12.2. The maximum absolute atomic E-state index is 10.6. The van der Waals surface area contributed by atoms with E-state index in [9.17, 15) is 9.59 Å². The highest BCUT2D eigenvalue weighted by atomic mass is 16.5. The highest BCUT2D eigenvalue weighted by Gasteiger charge is 2.14. The summed E-state index contributed by atoms with van der Waals surface area (Å²) < 4.78 is 16.6. The third-order valence-corrected chi connectivity index (χ3v) is 3.68. The molecule has 0 aromatic heterocycles. The van der Waals surface area contributed by atoms with Crippen LogP contribution < -0.4 is 0 Å². The summed E-state index contributed by atoms with van der Waals surface area (Å²) in [7, 11) is 1.91. The van der Waals surface area contributed by atoms with E-state index in [-0.39, 0.29) is 38.8 Å². The Labute approximate surface area is 159 Å². The first-order valence-corrected chi connectivity index (χ1v) is 8.90. The molecule has 0 fully saturated rings. The van der Waals surface area contributed by atoms with Crippen LogP contribution in [0.4, 0.5) is 0 Å². The van der Waals surface area contributed by atoms with Crippen molar-refractivity contribution < 1.29 is 34.0 Å². The van der Waals surface area contributed by atoms with Gasteiger partial charge in [-0.15, -0.1) is 0 Å². The molecule has 0 radical (unpaired) electrons. The SMILES string of the molecule is CN(CCOCc1ccccc1)CC(COCCC(=O)O)OCCC(=O)O. The lowest BCUT2D eigenvalue weighted by Gasteiger charge is -2.24. The van der Waals surface area contributed by atoms with Gasteiger partial charge in [-0.2, -0.15) is 0 Å². The molecule has 0 aliphatic carbocycles. The second-order valence-electron chi connectivity index (χ2n) is 6.16. The Hall–Kier alpha value is -2.00. The van der Waals surface area contributed by atoms with E-state index in [0.717, 1.165) is 5.56 Å². The van der Waals surface area contributed by atoms with Crippen LogP contribution in [0.1, 0.15) is 18.4 Å². The summed E-state index contributed by atoms with van der Waals surface area (Å²) in [5.41, 5.74) is 1.11. The molecule has 8 heteroatoms. The van der Waals surface area contributed by atoms with Crippen LogP contribution in [0, 0.1) is 0 Å². The van der Waals surface area contributed by atoms with Crippen molar-refractivity contribution in [2.75, 3.05) is 46.6 Å². The molecule has 0 saturated carbocycles. The molecule has 1 rings (SSSR count). The van der Waals surface area contributed by atoms with E-state index in [1.54, 1.807) is 0 Å². The quantitative estimate of drug-likeness (QED) is 0.414. The van der Waals surface area contributed by atoms with Gasteiger partial charge in [0.2, 0.25) is 0 Å². The zero-order chi connectivity index (χ0) is 19.9. The van der Waals surface area contributed by atoms with Crippen LogP contribution in [0.15, 0.2) is 30.3 Å². The third-order valence-electron chi connectivity index (χ3n) is 3.68. The van der Waals surface area contributed by atoms with Crippen LogP contribution >= 0.6 is 0 Å². The van der Waals surface area contributed by atoms with Gasteiger partial charge in [-0.1, -0.05) is 30.3 Å². The number of likely N-dealkylation sites (N-methyl/N-ethyl adjacent to an activating group) is 1. The number of rotatable bonds is 16. The molecule has 152 valence electrons. The van der Waals surface area contributed by atoms with Gasteiger partial charge in [0.25, 0.3) is 0 Å². The molecule has 8 nitrogen and oxygen atoms in total. The molecule has 1 unspecified atom stereocenters. The fourth-order valence-corrected chi connectivity index (χ4v) is 2.26. The van der Waals surface area contributed by atoms with E-state index in [2.05, 4.69) is 0 Å². The first-order valence-electron chi connectivity index (χ1n) is 8.90. The summed E-state index contributed by atoms with van der Waals surface area (Å²) in [6.07, 6.45) is -0.502. The number of ether oxygens (including phenoxy) is 3. The fourth-order valence-electron chi connectivity index (χ4n) is 2.26. The second-order valence-corrected chi connectivity index (χ2v) is 6.16. The Morgan fingerprint density at radius 1 is 1.00 bits per heavy atom. The molecule has 0 amide bonds. The van der Waals surface area contributed by atoms with Crippen LogP contribution in [0.3, 0.4) is 0 Å². The minimum absolute atomic E-state index is 0.0784. The number of benzene rings is 1. The molecule has 2 N–H and O–H groups in total. The van der Waals surface area contributed by atoms with E-state index in [1.165, 1.54) is 0 Å². The number of hydrogen-bond acceptors (Lipinski definition) is 6. The number of carboxylic acid groups (broad SMARTS) is 2. The fraction of sp³-hybridized carbons (Fsp3) is 0.579. The average Bonchev–Trinajstić information content (AvgIpc) is 2.62. The zero-order valence-corrected chi connectivity index (χ0v) is 15.7. The molecule has 0 saturated heterocycles. The smallest absolute Gasteiger partial charge is 0.305 e. The zero-order valence-electron chi connectivity index (χ0n) is 15.7. The van der Waals surface area contributed by atoms with E-state index >= 15 is 0 Å². The van der Waals surface area contributed by atoms with E-state index in [4.69, 9.17) is 24.4 Å². The van der Waals surface area contributed by atoms with Crippen molar-refractivity contribution >= 4 is 11.9 Å². The van der Waals surface area contributed by atoms with Crippen LogP contribution in [0.5, 0.6) is 0 Å². The lowest BCUT2D eigenvalue weighted by molar-refractivity contribution is -0.141. The van der Waals surface area contributed by atoms with E-state index in [1.807, 2.05) is 42.3 Å². The minimum Gasteiger partial charge on any atom is -0.481 e. The Balaban J connectivity index is 2.28. The summed E-state index contributed by atoms with van der Waals surface area (Å²) in [5, 5.41) is 17.3.